The molecule has 9 aromatic rings. The Bertz CT molecular complexity index is 2780. The minimum Gasteiger partial charge on any atom is -0.306 e. The van der Waals surface area contributed by atoms with Gasteiger partial charge in [0.15, 0.2) is 0 Å². The van der Waals surface area contributed by atoms with Crippen LogP contribution < -0.4 is 0 Å². The van der Waals surface area contributed by atoms with Gasteiger partial charge in [-0.1, -0.05) is 105 Å². The summed E-state index contributed by atoms with van der Waals surface area (Å²) in [7, 11) is 0. The summed E-state index contributed by atoms with van der Waals surface area (Å²) in [6.07, 6.45) is 7.78. The predicted molar refractivity (Wildman–Crippen MR) is 203 cm³/mol. The summed E-state index contributed by atoms with van der Waals surface area (Å²) in [5, 5.41) is 2.15. The van der Waals surface area contributed by atoms with E-state index in [1.165, 1.54) is 22.3 Å². The fourth-order valence-electron chi connectivity index (χ4n) is 7.66. The average molecular weight is 642 g/mol. The molecule has 5 nitrogen and oxygen atoms in total. The van der Waals surface area contributed by atoms with E-state index in [2.05, 4.69) is 145 Å². The van der Waals surface area contributed by atoms with Crippen LogP contribution in [0.4, 0.5) is 0 Å². The van der Waals surface area contributed by atoms with Gasteiger partial charge in [0.25, 0.3) is 0 Å². The molecule has 5 heterocycles. The normalized spacial score (nSPS) is 13.2. The Kier molecular flexibility index (Phi) is 6.15. The molecule has 0 saturated carbocycles. The summed E-state index contributed by atoms with van der Waals surface area (Å²) in [5.74, 6) is 0. The molecule has 0 radical (unpaired) electrons. The van der Waals surface area contributed by atoms with Crippen molar-refractivity contribution in [3.05, 3.63) is 163 Å². The number of hydrogen-bond donors (Lipinski definition) is 0. The van der Waals surface area contributed by atoms with Crippen LogP contribution >= 0.6 is 0 Å². The van der Waals surface area contributed by atoms with Gasteiger partial charge in [-0.15, -0.1) is 0 Å². The minimum absolute atomic E-state index is 0.0640. The van der Waals surface area contributed by atoms with E-state index in [0.29, 0.717) is 0 Å². The molecular formula is C45H31N5. The summed E-state index contributed by atoms with van der Waals surface area (Å²) in [6, 6.07) is 45.0. The predicted octanol–water partition coefficient (Wildman–Crippen LogP) is 10.8. The number of hydrogen-bond acceptors (Lipinski definition) is 4. The Morgan fingerprint density at radius 2 is 1.14 bits per heavy atom. The van der Waals surface area contributed by atoms with Crippen molar-refractivity contribution < 1.29 is 0 Å². The minimum atomic E-state index is -0.0640. The van der Waals surface area contributed by atoms with E-state index >= 15 is 0 Å². The summed E-state index contributed by atoms with van der Waals surface area (Å²) < 4.78 is 2.07. The van der Waals surface area contributed by atoms with Crippen molar-refractivity contribution in [3.8, 4) is 56.0 Å². The molecule has 0 spiro atoms. The third-order valence-electron chi connectivity index (χ3n) is 10.3. The Balaban J connectivity index is 1.01. The molecular weight excluding hydrogens is 611 g/mol. The molecule has 5 heteroatoms. The van der Waals surface area contributed by atoms with E-state index in [1.54, 1.807) is 6.20 Å². The number of aromatic nitrogens is 5. The summed E-state index contributed by atoms with van der Waals surface area (Å²) >= 11 is 0. The molecule has 4 aromatic carbocycles. The lowest BCUT2D eigenvalue weighted by Gasteiger charge is -2.21. The third-order valence-corrected chi connectivity index (χ3v) is 10.3. The lowest BCUT2D eigenvalue weighted by atomic mass is 9.82. The summed E-state index contributed by atoms with van der Waals surface area (Å²) in [5.41, 5.74) is 16.1. The van der Waals surface area contributed by atoms with E-state index in [1.807, 2.05) is 24.5 Å². The first-order valence-corrected chi connectivity index (χ1v) is 17.0. The van der Waals surface area contributed by atoms with Crippen LogP contribution in [0.15, 0.2) is 152 Å². The van der Waals surface area contributed by atoms with Crippen molar-refractivity contribution in [3.63, 3.8) is 0 Å². The third kappa shape index (κ3) is 4.40. The number of pyridine rings is 4. The molecule has 0 bridgehead atoms. The van der Waals surface area contributed by atoms with Gasteiger partial charge in [-0.2, -0.15) is 0 Å². The van der Waals surface area contributed by atoms with Crippen molar-refractivity contribution >= 4 is 27.5 Å². The van der Waals surface area contributed by atoms with Gasteiger partial charge in [0.1, 0.15) is 5.65 Å². The van der Waals surface area contributed by atoms with Gasteiger partial charge in [-0.25, -0.2) is 15.0 Å². The first-order chi connectivity index (χ1) is 24.5. The van der Waals surface area contributed by atoms with Crippen molar-refractivity contribution in [1.29, 1.82) is 0 Å². The number of benzene rings is 4. The van der Waals surface area contributed by atoms with Crippen LogP contribution in [0, 0.1) is 0 Å². The highest BCUT2D eigenvalue weighted by Gasteiger charge is 2.35. The zero-order valence-electron chi connectivity index (χ0n) is 27.7. The molecule has 1 aliphatic carbocycles. The Labute approximate surface area is 289 Å². The first kappa shape index (κ1) is 28.5. The molecule has 50 heavy (non-hydrogen) atoms. The highest BCUT2D eigenvalue weighted by Crippen LogP contribution is 2.49. The quantitative estimate of drug-likeness (QED) is 0.179. The SMILES string of the molecule is CC1(C)c2ccccc2-c2ccc(-c3ccc4ccc5ccc(-c6ccc(-c7cn8cccc(-c9cccnc9)c8n7)cc6)nc5c4n3)cc21. The van der Waals surface area contributed by atoms with Crippen molar-refractivity contribution in [1.82, 2.24) is 24.3 Å². The van der Waals surface area contributed by atoms with Crippen LogP contribution in [-0.2, 0) is 5.41 Å². The maximum Gasteiger partial charge on any atom is 0.145 e. The lowest BCUT2D eigenvalue weighted by molar-refractivity contribution is 0.660. The Morgan fingerprint density at radius 1 is 0.500 bits per heavy atom. The van der Waals surface area contributed by atoms with Gasteiger partial charge in [-0.3, -0.25) is 4.98 Å². The van der Waals surface area contributed by atoms with Gasteiger partial charge in [-0.05, 0) is 58.7 Å². The van der Waals surface area contributed by atoms with Gasteiger partial charge in [0, 0.05) is 68.8 Å². The van der Waals surface area contributed by atoms with Crippen LogP contribution in [0.3, 0.4) is 0 Å². The molecule has 0 N–H and O–H groups in total. The van der Waals surface area contributed by atoms with Crippen LogP contribution in [0.25, 0.3) is 83.5 Å². The smallest absolute Gasteiger partial charge is 0.145 e. The maximum absolute atomic E-state index is 5.26. The van der Waals surface area contributed by atoms with Gasteiger partial charge < -0.3 is 4.40 Å². The highest BCUT2D eigenvalue weighted by atomic mass is 15.0. The zero-order valence-corrected chi connectivity index (χ0v) is 27.7. The van der Waals surface area contributed by atoms with E-state index in [0.717, 1.165) is 72.4 Å². The second kappa shape index (κ2) is 10.8. The van der Waals surface area contributed by atoms with Crippen LogP contribution in [0.5, 0.6) is 0 Å². The van der Waals surface area contributed by atoms with Crippen LogP contribution in [-0.4, -0.2) is 24.3 Å². The molecule has 0 unspecified atom stereocenters. The molecule has 0 aliphatic heterocycles. The fraction of sp³-hybridized carbons (Fsp3) is 0.0667. The molecule has 1 aliphatic rings. The van der Waals surface area contributed by atoms with Crippen molar-refractivity contribution in [2.45, 2.75) is 19.3 Å². The molecule has 0 amide bonds. The summed E-state index contributed by atoms with van der Waals surface area (Å²) in [6.45, 7) is 4.63. The largest absolute Gasteiger partial charge is 0.306 e. The van der Waals surface area contributed by atoms with Crippen molar-refractivity contribution in [2.75, 3.05) is 0 Å². The second-order valence-corrected chi connectivity index (χ2v) is 13.6. The van der Waals surface area contributed by atoms with E-state index in [-0.39, 0.29) is 5.41 Å². The Hall–Kier alpha value is -6.46. The molecule has 236 valence electrons. The van der Waals surface area contributed by atoms with E-state index in [9.17, 15) is 0 Å². The number of rotatable bonds is 4. The van der Waals surface area contributed by atoms with E-state index in [4.69, 9.17) is 15.0 Å². The van der Waals surface area contributed by atoms with Crippen LogP contribution in [0.1, 0.15) is 25.0 Å². The number of imidazole rings is 1. The Morgan fingerprint density at radius 3 is 1.88 bits per heavy atom. The lowest BCUT2D eigenvalue weighted by Crippen LogP contribution is -2.14. The first-order valence-electron chi connectivity index (χ1n) is 17.0. The molecule has 0 saturated heterocycles. The standard InChI is InChI=1S/C45H31N5/c1-45(2)37-10-4-3-8-35(37)36-20-17-32(25-38(36)45)40-22-19-31-16-15-30-18-21-39(47-42(30)43(31)48-40)28-11-13-29(14-12-28)41-27-50-24-6-9-34(44(50)49-41)33-7-5-23-46-26-33/h3-27H,1-2H3. The zero-order chi connectivity index (χ0) is 33.4. The number of nitrogens with zero attached hydrogens (tertiary/aromatic N) is 5. The molecule has 0 atom stereocenters. The second-order valence-electron chi connectivity index (χ2n) is 13.6. The molecule has 0 fully saturated rings. The number of fused-ring (bicyclic) bond motifs is 7. The highest BCUT2D eigenvalue weighted by molar-refractivity contribution is 6.04. The summed E-state index contributed by atoms with van der Waals surface area (Å²) in [4.78, 5) is 19.8. The van der Waals surface area contributed by atoms with Crippen molar-refractivity contribution in [2.24, 2.45) is 0 Å². The molecule has 5 aromatic heterocycles. The van der Waals surface area contributed by atoms with Gasteiger partial charge >= 0.3 is 0 Å². The fourth-order valence-corrected chi connectivity index (χ4v) is 7.66. The topological polar surface area (TPSA) is 56.0 Å². The average Bonchev–Trinajstić information content (AvgIpc) is 3.71. The monoisotopic (exact) mass is 641 g/mol. The maximum atomic E-state index is 5.26. The van der Waals surface area contributed by atoms with Crippen LogP contribution in [0.2, 0.25) is 0 Å². The van der Waals surface area contributed by atoms with E-state index < -0.39 is 0 Å². The van der Waals surface area contributed by atoms with Gasteiger partial charge in [0.2, 0.25) is 0 Å². The molecule has 10 rings (SSSR count). The van der Waals surface area contributed by atoms with Gasteiger partial charge in [0.05, 0.1) is 28.1 Å².